The molecule has 0 aliphatic carbocycles. The van der Waals surface area contributed by atoms with Gasteiger partial charge in [0.2, 0.25) is 5.95 Å². The van der Waals surface area contributed by atoms with E-state index in [1.807, 2.05) is 39.0 Å². The van der Waals surface area contributed by atoms with Crippen LogP contribution >= 0.6 is 0 Å². The lowest BCUT2D eigenvalue weighted by molar-refractivity contribution is -0.113. The molecular formula is C22H21N5O3. The van der Waals surface area contributed by atoms with Gasteiger partial charge in [-0.25, -0.2) is 9.48 Å². The largest absolute Gasteiger partial charge is 0.478 e. The normalized spacial score (nSPS) is 15.4. The Balaban J connectivity index is 1.75. The number of benzene rings is 2. The second kappa shape index (κ2) is 7.47. The number of aromatic nitrogens is 3. The van der Waals surface area contributed by atoms with Gasteiger partial charge in [0.15, 0.2) is 0 Å². The van der Waals surface area contributed by atoms with Gasteiger partial charge in [0.1, 0.15) is 12.4 Å². The van der Waals surface area contributed by atoms with Crippen LogP contribution in [0.1, 0.15) is 40.0 Å². The molecule has 2 heterocycles. The van der Waals surface area contributed by atoms with Gasteiger partial charge in [0.05, 0.1) is 11.1 Å². The van der Waals surface area contributed by atoms with Crippen LogP contribution in [0.4, 0.5) is 11.6 Å². The Bertz CT molecular complexity index is 1180. The summed E-state index contributed by atoms with van der Waals surface area (Å²) in [5, 5.41) is 19.6. The number of hydrogen-bond donors (Lipinski definition) is 3. The number of allylic oxidation sites excluding steroid dienone is 1. The molecule has 4 rings (SSSR count). The molecule has 1 atom stereocenters. The van der Waals surface area contributed by atoms with E-state index in [2.05, 4.69) is 20.7 Å². The van der Waals surface area contributed by atoms with Crippen LogP contribution in [-0.2, 0) is 4.79 Å². The molecule has 0 saturated heterocycles. The van der Waals surface area contributed by atoms with Crippen molar-refractivity contribution >= 4 is 23.5 Å². The maximum absolute atomic E-state index is 13.3. The van der Waals surface area contributed by atoms with Crippen molar-refractivity contribution in [2.24, 2.45) is 0 Å². The first-order chi connectivity index (χ1) is 14.3. The standard InChI is InChI=1S/C22H21N5O3/c1-12-4-9-17(13(2)10-12)26-20(28)18-14(3)25-22-23-11-24-27(22)19(18)15-5-7-16(8-6-15)21(29)30/h4-11,19H,1-3H3,(H,26,28)(H,29,30)(H,23,24,25)/t19-/m0/s1. The highest BCUT2D eigenvalue weighted by Crippen LogP contribution is 2.35. The molecule has 3 aromatic rings. The summed E-state index contributed by atoms with van der Waals surface area (Å²) in [5.74, 6) is -0.754. The maximum Gasteiger partial charge on any atom is 0.335 e. The van der Waals surface area contributed by atoms with Gasteiger partial charge < -0.3 is 15.7 Å². The summed E-state index contributed by atoms with van der Waals surface area (Å²) < 4.78 is 1.62. The molecule has 1 aliphatic rings. The average molecular weight is 403 g/mol. The Morgan fingerprint density at radius 2 is 1.83 bits per heavy atom. The molecule has 1 amide bonds. The van der Waals surface area contributed by atoms with Crippen LogP contribution in [0.25, 0.3) is 0 Å². The highest BCUT2D eigenvalue weighted by atomic mass is 16.4. The predicted octanol–water partition coefficient (Wildman–Crippen LogP) is 3.52. The van der Waals surface area contributed by atoms with Gasteiger partial charge in [0.25, 0.3) is 5.91 Å². The zero-order chi connectivity index (χ0) is 21.4. The molecule has 0 radical (unpaired) electrons. The van der Waals surface area contributed by atoms with Crippen LogP contribution in [-0.4, -0.2) is 31.7 Å². The highest BCUT2D eigenvalue weighted by molar-refractivity contribution is 6.06. The van der Waals surface area contributed by atoms with Gasteiger partial charge >= 0.3 is 5.97 Å². The summed E-state index contributed by atoms with van der Waals surface area (Å²) >= 11 is 0. The number of carbonyl (C=O) groups is 2. The number of aryl methyl sites for hydroxylation is 2. The number of aromatic carboxylic acids is 1. The summed E-state index contributed by atoms with van der Waals surface area (Å²) in [7, 11) is 0. The first-order valence-electron chi connectivity index (χ1n) is 9.44. The number of carbonyl (C=O) groups excluding carboxylic acids is 1. The van der Waals surface area contributed by atoms with Gasteiger partial charge in [-0.15, -0.1) is 0 Å². The second-order valence-electron chi connectivity index (χ2n) is 7.29. The highest BCUT2D eigenvalue weighted by Gasteiger charge is 2.33. The second-order valence-corrected chi connectivity index (χ2v) is 7.29. The Kier molecular flexibility index (Phi) is 4.83. The molecule has 0 fully saturated rings. The lowest BCUT2D eigenvalue weighted by atomic mass is 9.94. The van der Waals surface area contributed by atoms with E-state index in [9.17, 15) is 14.7 Å². The van der Waals surface area contributed by atoms with Crippen molar-refractivity contribution in [2.45, 2.75) is 26.8 Å². The van der Waals surface area contributed by atoms with Crippen LogP contribution in [0.5, 0.6) is 0 Å². The van der Waals surface area contributed by atoms with Crippen molar-refractivity contribution in [3.05, 3.63) is 82.3 Å². The number of fused-ring (bicyclic) bond motifs is 1. The maximum atomic E-state index is 13.3. The summed E-state index contributed by atoms with van der Waals surface area (Å²) in [5.41, 5.74) is 4.86. The van der Waals surface area contributed by atoms with E-state index < -0.39 is 12.0 Å². The molecule has 0 bridgehead atoms. The van der Waals surface area contributed by atoms with E-state index >= 15 is 0 Å². The Morgan fingerprint density at radius 1 is 1.10 bits per heavy atom. The molecule has 8 heteroatoms. The third-order valence-corrected chi connectivity index (χ3v) is 5.14. The molecule has 1 aliphatic heterocycles. The number of anilines is 2. The number of carboxylic acids is 1. The lowest BCUT2D eigenvalue weighted by Crippen LogP contribution is -2.31. The van der Waals surface area contributed by atoms with Crippen molar-refractivity contribution in [3.63, 3.8) is 0 Å². The summed E-state index contributed by atoms with van der Waals surface area (Å²) in [4.78, 5) is 28.8. The van der Waals surface area contributed by atoms with E-state index in [4.69, 9.17) is 0 Å². The van der Waals surface area contributed by atoms with Gasteiger partial charge in [0, 0.05) is 11.4 Å². The minimum atomic E-state index is -1.01. The van der Waals surface area contributed by atoms with Crippen LogP contribution in [0.3, 0.4) is 0 Å². The van der Waals surface area contributed by atoms with Crippen LogP contribution in [0.2, 0.25) is 0 Å². The van der Waals surface area contributed by atoms with Crippen molar-refractivity contribution in [3.8, 4) is 0 Å². The molecule has 8 nitrogen and oxygen atoms in total. The number of carboxylic acid groups (broad SMARTS) is 1. The monoisotopic (exact) mass is 403 g/mol. The Morgan fingerprint density at radius 3 is 2.50 bits per heavy atom. The van der Waals surface area contributed by atoms with Crippen molar-refractivity contribution in [2.75, 3.05) is 10.6 Å². The smallest absolute Gasteiger partial charge is 0.335 e. The fourth-order valence-corrected chi connectivity index (χ4v) is 3.64. The number of hydrogen-bond acceptors (Lipinski definition) is 5. The summed E-state index contributed by atoms with van der Waals surface area (Å²) in [6.45, 7) is 5.76. The molecule has 1 aromatic heterocycles. The average Bonchev–Trinajstić information content (AvgIpc) is 3.17. The van der Waals surface area contributed by atoms with E-state index in [0.29, 0.717) is 17.2 Å². The lowest BCUT2D eigenvalue weighted by Gasteiger charge is -2.29. The van der Waals surface area contributed by atoms with Crippen molar-refractivity contribution in [1.82, 2.24) is 14.8 Å². The van der Waals surface area contributed by atoms with Gasteiger partial charge in [-0.05, 0) is 50.1 Å². The minimum Gasteiger partial charge on any atom is -0.478 e. The number of nitrogens with zero attached hydrogens (tertiary/aromatic N) is 3. The van der Waals surface area contributed by atoms with Crippen LogP contribution in [0.15, 0.2) is 60.1 Å². The molecule has 0 spiro atoms. The SMILES string of the molecule is CC1=C(C(=O)Nc2ccc(C)cc2C)[C@H](c2ccc(C(=O)O)cc2)n2ncnc2N1. The zero-order valence-corrected chi connectivity index (χ0v) is 16.8. The molecule has 3 N–H and O–H groups in total. The molecule has 2 aromatic carbocycles. The first kappa shape index (κ1) is 19.4. The molecular weight excluding hydrogens is 382 g/mol. The van der Waals surface area contributed by atoms with Crippen molar-refractivity contribution in [1.29, 1.82) is 0 Å². The van der Waals surface area contributed by atoms with Crippen LogP contribution in [0, 0.1) is 13.8 Å². The number of amides is 1. The Hall–Kier alpha value is -3.94. The molecule has 152 valence electrons. The van der Waals surface area contributed by atoms with E-state index in [0.717, 1.165) is 22.4 Å². The van der Waals surface area contributed by atoms with Gasteiger partial charge in [-0.2, -0.15) is 10.1 Å². The summed E-state index contributed by atoms with van der Waals surface area (Å²) in [6.07, 6.45) is 1.42. The Labute approximate surface area is 173 Å². The summed E-state index contributed by atoms with van der Waals surface area (Å²) in [6, 6.07) is 11.7. The number of nitrogens with one attached hydrogen (secondary N) is 2. The topological polar surface area (TPSA) is 109 Å². The fraction of sp³-hybridized carbons (Fsp3) is 0.182. The predicted molar refractivity (Wildman–Crippen MR) is 112 cm³/mol. The van der Waals surface area contributed by atoms with Crippen molar-refractivity contribution < 1.29 is 14.7 Å². The molecule has 0 saturated carbocycles. The third kappa shape index (κ3) is 3.43. The minimum absolute atomic E-state index is 0.175. The molecule has 0 unspecified atom stereocenters. The van der Waals surface area contributed by atoms with Crippen LogP contribution < -0.4 is 10.6 Å². The van der Waals surface area contributed by atoms with Gasteiger partial charge in [-0.1, -0.05) is 29.8 Å². The van der Waals surface area contributed by atoms with E-state index in [1.54, 1.807) is 16.8 Å². The van der Waals surface area contributed by atoms with Gasteiger partial charge in [-0.3, -0.25) is 4.79 Å². The van der Waals surface area contributed by atoms with E-state index in [-0.39, 0.29) is 11.5 Å². The first-order valence-corrected chi connectivity index (χ1v) is 9.44. The van der Waals surface area contributed by atoms with E-state index in [1.165, 1.54) is 18.5 Å². The number of rotatable bonds is 4. The molecule has 30 heavy (non-hydrogen) atoms. The third-order valence-electron chi connectivity index (χ3n) is 5.14. The zero-order valence-electron chi connectivity index (χ0n) is 16.8. The fourth-order valence-electron chi connectivity index (χ4n) is 3.64. The quantitative estimate of drug-likeness (QED) is 0.615.